The Morgan fingerprint density at radius 3 is 2.89 bits per heavy atom. The molecule has 1 N–H and O–H groups in total. The zero-order valence-electron chi connectivity index (χ0n) is 5.69. The molecule has 0 aromatic rings. The zero-order chi connectivity index (χ0) is 6.95. The van der Waals surface area contributed by atoms with E-state index in [1.165, 1.54) is 16.4 Å². The van der Waals surface area contributed by atoms with Gasteiger partial charge in [0.15, 0.2) is 0 Å². The molecule has 0 aliphatic rings. The second-order valence-corrected chi connectivity index (χ2v) is 5.39. The summed E-state index contributed by atoms with van der Waals surface area (Å²) in [5.41, 5.74) is 0. The van der Waals surface area contributed by atoms with Gasteiger partial charge in [0, 0.05) is 0 Å². The Morgan fingerprint density at radius 2 is 2.33 bits per heavy atom. The van der Waals surface area contributed by atoms with E-state index in [1.54, 1.807) is 0 Å². The van der Waals surface area contributed by atoms with Crippen LogP contribution in [0, 0.1) is 5.41 Å². The van der Waals surface area contributed by atoms with Crippen LogP contribution < -0.4 is 21.2 Å². The van der Waals surface area contributed by atoms with Gasteiger partial charge in [-0.25, -0.2) is 0 Å². The van der Waals surface area contributed by atoms with Gasteiger partial charge in [-0.05, 0) is 0 Å². The van der Waals surface area contributed by atoms with Crippen LogP contribution in [-0.2, 0) is 0 Å². The number of rotatable bonds is 6. The number of nitrogens with one attached hydrogen (secondary N) is 1. The molecule has 56 valence electrons. The van der Waals surface area contributed by atoms with Crippen LogP contribution >= 0.6 is 11.8 Å². The predicted octanol–water partition coefficient (Wildman–Crippen LogP) is -1.52. The third-order valence-electron chi connectivity index (χ3n) is 0.817. The second-order valence-electron chi connectivity index (χ2n) is 1.56. The standard InChI is InChI=1S/C6H13INS/c1-7-3-6-9-5-2-4-8/h4,8H,2-3,5-6H2,1H3/q-1. The number of hydrogen-bond acceptors (Lipinski definition) is 2. The second kappa shape index (κ2) is 8.75. The zero-order valence-corrected chi connectivity index (χ0v) is 8.67. The van der Waals surface area contributed by atoms with E-state index in [9.17, 15) is 0 Å². The average molecular weight is 258 g/mol. The fourth-order valence-electron chi connectivity index (χ4n) is 0.376. The molecule has 0 spiro atoms. The Bertz CT molecular complexity index is 68.1. The molecule has 0 fully saturated rings. The average Bonchev–Trinajstić information content (AvgIpc) is 1.89. The molecule has 0 aliphatic heterocycles. The third-order valence-corrected chi connectivity index (χ3v) is 4.18. The Hall–Kier alpha value is 0.750. The molecule has 9 heavy (non-hydrogen) atoms. The topological polar surface area (TPSA) is 23.9 Å². The van der Waals surface area contributed by atoms with E-state index in [0.717, 1.165) is 12.2 Å². The van der Waals surface area contributed by atoms with E-state index in [4.69, 9.17) is 5.41 Å². The van der Waals surface area contributed by atoms with Gasteiger partial charge >= 0.3 is 71.9 Å². The Labute approximate surface area is 71.8 Å². The molecule has 0 heterocycles. The maximum absolute atomic E-state index is 6.75. The molecular formula is C6H13INS-. The van der Waals surface area contributed by atoms with Crippen molar-refractivity contribution < 1.29 is 21.2 Å². The molecule has 0 radical (unpaired) electrons. The summed E-state index contributed by atoms with van der Waals surface area (Å²) in [5, 5.41) is 6.75. The summed E-state index contributed by atoms with van der Waals surface area (Å²) in [6.07, 6.45) is 2.45. The summed E-state index contributed by atoms with van der Waals surface area (Å²) in [7, 11) is 0. The van der Waals surface area contributed by atoms with Crippen molar-refractivity contribution in [1.82, 2.24) is 0 Å². The fraction of sp³-hybridized carbons (Fsp3) is 0.833. The molecule has 0 amide bonds. The molecule has 3 heteroatoms. The van der Waals surface area contributed by atoms with Crippen molar-refractivity contribution in [2.24, 2.45) is 0 Å². The molecule has 1 nitrogen and oxygen atoms in total. The van der Waals surface area contributed by atoms with E-state index in [2.05, 4.69) is 4.93 Å². The van der Waals surface area contributed by atoms with Crippen LogP contribution in [0.5, 0.6) is 0 Å². The summed E-state index contributed by atoms with van der Waals surface area (Å²) < 4.78 is 1.43. The van der Waals surface area contributed by atoms with Crippen LogP contribution in [0.3, 0.4) is 0 Å². The first kappa shape index (κ1) is 9.75. The van der Waals surface area contributed by atoms with Crippen molar-refractivity contribution in [2.45, 2.75) is 6.42 Å². The van der Waals surface area contributed by atoms with Gasteiger partial charge in [0.05, 0.1) is 0 Å². The summed E-state index contributed by atoms with van der Waals surface area (Å²) in [4.78, 5) is 2.32. The molecule has 0 aromatic carbocycles. The van der Waals surface area contributed by atoms with Crippen molar-refractivity contribution in [2.75, 3.05) is 20.9 Å². The first-order valence-electron chi connectivity index (χ1n) is 2.92. The number of alkyl halides is 2. The molecule has 0 atom stereocenters. The normalized spacial score (nSPS) is 9.89. The van der Waals surface area contributed by atoms with Crippen LogP contribution in [0.25, 0.3) is 0 Å². The number of thioether (sulfide) groups is 1. The number of halogens is 1. The first-order chi connectivity index (χ1) is 4.41. The van der Waals surface area contributed by atoms with Gasteiger partial charge in [-0.1, -0.05) is 0 Å². The first-order valence-corrected chi connectivity index (χ1v) is 7.76. The van der Waals surface area contributed by atoms with E-state index in [1.807, 2.05) is 11.8 Å². The van der Waals surface area contributed by atoms with Crippen molar-refractivity contribution in [1.29, 1.82) is 5.41 Å². The maximum atomic E-state index is 6.75. The molecule has 0 saturated heterocycles. The van der Waals surface area contributed by atoms with Crippen LogP contribution in [0.2, 0.25) is 0 Å². The van der Waals surface area contributed by atoms with Crippen LogP contribution in [0.15, 0.2) is 0 Å². The van der Waals surface area contributed by atoms with Gasteiger partial charge in [0.1, 0.15) is 0 Å². The van der Waals surface area contributed by atoms with Crippen molar-refractivity contribution in [3.8, 4) is 0 Å². The van der Waals surface area contributed by atoms with Crippen molar-refractivity contribution in [3.05, 3.63) is 0 Å². The quantitative estimate of drug-likeness (QED) is 0.266. The van der Waals surface area contributed by atoms with Crippen LogP contribution in [0.1, 0.15) is 6.42 Å². The van der Waals surface area contributed by atoms with Crippen molar-refractivity contribution >= 4 is 18.0 Å². The van der Waals surface area contributed by atoms with E-state index in [-0.39, 0.29) is 0 Å². The Balaban J connectivity index is 2.66. The summed E-state index contributed by atoms with van der Waals surface area (Å²) in [6.45, 7) is 0. The molecule has 0 unspecified atom stereocenters. The van der Waals surface area contributed by atoms with Crippen LogP contribution in [-0.4, -0.2) is 27.1 Å². The summed E-state index contributed by atoms with van der Waals surface area (Å²) in [5.74, 6) is 2.46. The molecule has 0 aliphatic carbocycles. The molecule has 0 aromatic heterocycles. The van der Waals surface area contributed by atoms with Crippen LogP contribution in [0.4, 0.5) is 0 Å². The Morgan fingerprint density at radius 1 is 1.56 bits per heavy atom. The van der Waals surface area contributed by atoms with Gasteiger partial charge in [0.25, 0.3) is 0 Å². The van der Waals surface area contributed by atoms with Gasteiger partial charge in [-0.15, -0.1) is 0 Å². The van der Waals surface area contributed by atoms with Gasteiger partial charge in [-0.3, -0.25) is 0 Å². The van der Waals surface area contributed by atoms with Gasteiger partial charge in [-0.2, -0.15) is 0 Å². The molecule has 0 saturated carbocycles. The minimum absolute atomic E-state index is 0.507. The SMILES string of the molecule is C[I-]CCSCCC=N. The van der Waals surface area contributed by atoms with Gasteiger partial charge in [0.2, 0.25) is 0 Å². The minimum atomic E-state index is 0.507. The molecular weight excluding hydrogens is 245 g/mol. The van der Waals surface area contributed by atoms with Gasteiger partial charge < -0.3 is 0 Å². The fourth-order valence-corrected chi connectivity index (χ4v) is 3.38. The van der Waals surface area contributed by atoms with E-state index < -0.39 is 0 Å². The molecule has 0 rings (SSSR count). The monoisotopic (exact) mass is 258 g/mol. The predicted molar refractivity (Wildman–Crippen MR) is 41.5 cm³/mol. The summed E-state index contributed by atoms with van der Waals surface area (Å²) in [6, 6.07) is 0. The van der Waals surface area contributed by atoms with E-state index >= 15 is 0 Å². The third kappa shape index (κ3) is 8.75. The van der Waals surface area contributed by atoms with Crippen molar-refractivity contribution in [3.63, 3.8) is 0 Å². The Kier molecular flexibility index (Phi) is 9.48. The molecule has 0 bridgehead atoms. The number of hydrogen-bond donors (Lipinski definition) is 1. The van der Waals surface area contributed by atoms with E-state index in [0.29, 0.717) is 21.2 Å². The summed E-state index contributed by atoms with van der Waals surface area (Å²) >= 11 is 2.49.